The van der Waals surface area contributed by atoms with Crippen LogP contribution in [-0.2, 0) is 4.79 Å². The van der Waals surface area contributed by atoms with Crippen LogP contribution in [-0.4, -0.2) is 17.5 Å². The number of carbonyl (C=O) groups excluding carboxylic acids is 1. The molecule has 0 radical (unpaired) electrons. The molecule has 0 saturated carbocycles. The van der Waals surface area contributed by atoms with Crippen molar-refractivity contribution in [1.29, 1.82) is 0 Å². The lowest BCUT2D eigenvalue weighted by Crippen LogP contribution is -2.20. The van der Waals surface area contributed by atoms with E-state index in [-0.39, 0.29) is 28.3 Å². The van der Waals surface area contributed by atoms with Gasteiger partial charge in [-0.05, 0) is 71.2 Å². The summed E-state index contributed by atoms with van der Waals surface area (Å²) in [5.74, 6) is 0.334. The summed E-state index contributed by atoms with van der Waals surface area (Å²) in [6, 6.07) is 12.9. The van der Waals surface area contributed by atoms with Crippen molar-refractivity contribution in [2.45, 2.75) is 13.8 Å². The van der Waals surface area contributed by atoms with E-state index in [1.807, 2.05) is 24.3 Å². The van der Waals surface area contributed by atoms with E-state index in [4.69, 9.17) is 44.0 Å². The van der Waals surface area contributed by atoms with Crippen molar-refractivity contribution in [1.82, 2.24) is 4.98 Å². The smallest absolute Gasteiger partial charge is 0.262 e. The molecule has 5 nitrogen and oxygen atoms in total. The maximum Gasteiger partial charge on any atom is 0.262 e. The Hall–Kier alpha value is -2.25. The standard InChI is InChI=1S/C23H16BrCl3N2O3/c1-11-19(25)12(2)21(27)22(20(11)26)31-10-18(30)28-13-7-8-17-16(9-13)29-23(32-17)14-5-3-4-6-15(14)24/h3-9H,10H2,1-2H3,(H,28,30). The highest BCUT2D eigenvalue weighted by Crippen LogP contribution is 2.42. The maximum absolute atomic E-state index is 12.5. The number of benzene rings is 3. The summed E-state index contributed by atoms with van der Waals surface area (Å²) in [5, 5.41) is 3.81. The van der Waals surface area contributed by atoms with Crippen LogP contribution in [0.25, 0.3) is 22.6 Å². The molecule has 3 aromatic carbocycles. The molecule has 9 heteroatoms. The second-order valence-electron chi connectivity index (χ2n) is 7.04. The number of fused-ring (bicyclic) bond motifs is 1. The number of anilines is 1. The molecule has 0 bridgehead atoms. The Balaban J connectivity index is 1.49. The molecule has 0 spiro atoms. The summed E-state index contributed by atoms with van der Waals surface area (Å²) in [6.07, 6.45) is 0. The van der Waals surface area contributed by atoms with Gasteiger partial charge in [0.1, 0.15) is 5.52 Å². The Bertz CT molecular complexity index is 1330. The third-order valence-electron chi connectivity index (χ3n) is 4.84. The van der Waals surface area contributed by atoms with E-state index >= 15 is 0 Å². The second-order valence-corrected chi connectivity index (χ2v) is 9.03. The van der Waals surface area contributed by atoms with Gasteiger partial charge >= 0.3 is 0 Å². The van der Waals surface area contributed by atoms with Crippen molar-refractivity contribution in [2.24, 2.45) is 0 Å². The molecule has 1 heterocycles. The highest BCUT2D eigenvalue weighted by molar-refractivity contribution is 9.10. The van der Waals surface area contributed by atoms with Gasteiger partial charge in [-0.1, -0.05) is 46.9 Å². The molecule has 4 aromatic rings. The van der Waals surface area contributed by atoms with Crippen LogP contribution in [0.15, 0.2) is 51.4 Å². The monoisotopic (exact) mass is 552 g/mol. The zero-order valence-electron chi connectivity index (χ0n) is 16.9. The van der Waals surface area contributed by atoms with E-state index in [2.05, 4.69) is 26.2 Å². The molecular formula is C23H16BrCl3N2O3. The molecule has 1 N–H and O–H groups in total. The molecule has 0 unspecified atom stereocenters. The first kappa shape index (κ1) is 22.9. The van der Waals surface area contributed by atoms with Gasteiger partial charge < -0.3 is 14.5 Å². The topological polar surface area (TPSA) is 64.4 Å². The van der Waals surface area contributed by atoms with E-state index in [9.17, 15) is 4.79 Å². The predicted octanol–water partition coefficient (Wildman–Crippen LogP) is 7.85. The highest BCUT2D eigenvalue weighted by atomic mass is 79.9. The number of nitrogens with zero attached hydrogens (tertiary/aromatic N) is 1. The van der Waals surface area contributed by atoms with E-state index < -0.39 is 0 Å². The number of carbonyl (C=O) groups is 1. The molecule has 4 rings (SSSR count). The van der Waals surface area contributed by atoms with Gasteiger partial charge in [0.2, 0.25) is 5.89 Å². The van der Waals surface area contributed by atoms with Crippen molar-refractivity contribution in [3.8, 4) is 17.2 Å². The summed E-state index contributed by atoms with van der Waals surface area (Å²) in [5.41, 5.74) is 3.90. The van der Waals surface area contributed by atoms with Gasteiger partial charge in [-0.25, -0.2) is 4.98 Å². The molecular weight excluding hydrogens is 539 g/mol. The molecule has 0 aliphatic carbocycles. The lowest BCUT2D eigenvalue weighted by atomic mass is 10.1. The summed E-state index contributed by atoms with van der Waals surface area (Å²) >= 11 is 22.3. The third-order valence-corrected chi connectivity index (χ3v) is 7.01. The van der Waals surface area contributed by atoms with Crippen molar-refractivity contribution < 1.29 is 13.9 Å². The number of aromatic nitrogens is 1. The number of halogens is 4. The summed E-state index contributed by atoms with van der Waals surface area (Å²) in [7, 11) is 0. The quantitative estimate of drug-likeness (QED) is 0.273. The van der Waals surface area contributed by atoms with Crippen LogP contribution in [0.1, 0.15) is 11.1 Å². The first-order valence-electron chi connectivity index (χ1n) is 9.48. The Morgan fingerprint density at radius 3 is 2.44 bits per heavy atom. The van der Waals surface area contributed by atoms with E-state index in [1.54, 1.807) is 32.0 Å². The molecule has 0 atom stereocenters. The molecule has 0 saturated heterocycles. The number of amides is 1. The van der Waals surface area contributed by atoms with Gasteiger partial charge in [-0.15, -0.1) is 0 Å². The summed E-state index contributed by atoms with van der Waals surface area (Å²) in [6.45, 7) is 3.24. The van der Waals surface area contributed by atoms with Gasteiger partial charge in [0.15, 0.2) is 17.9 Å². The van der Waals surface area contributed by atoms with Gasteiger partial charge in [-0.3, -0.25) is 4.79 Å². The number of oxazole rings is 1. The Morgan fingerprint density at radius 2 is 1.75 bits per heavy atom. The average molecular weight is 555 g/mol. The second kappa shape index (κ2) is 9.32. The number of nitrogens with one attached hydrogen (secondary N) is 1. The SMILES string of the molecule is Cc1c(Cl)c(C)c(Cl)c(OCC(=O)Nc2ccc3oc(-c4ccccc4Br)nc3c2)c1Cl. The van der Waals surface area contributed by atoms with Crippen LogP contribution >= 0.6 is 50.7 Å². The Labute approximate surface area is 207 Å². The van der Waals surface area contributed by atoms with Crippen LogP contribution in [0.4, 0.5) is 5.69 Å². The van der Waals surface area contributed by atoms with Crippen LogP contribution in [0.5, 0.6) is 5.75 Å². The maximum atomic E-state index is 12.5. The van der Waals surface area contributed by atoms with Crippen molar-refractivity contribution in [3.63, 3.8) is 0 Å². The van der Waals surface area contributed by atoms with Crippen LogP contribution in [0.2, 0.25) is 15.1 Å². The minimum atomic E-state index is -0.378. The molecule has 0 fully saturated rings. The molecule has 1 amide bonds. The first-order valence-corrected chi connectivity index (χ1v) is 11.4. The first-order chi connectivity index (χ1) is 15.3. The van der Waals surface area contributed by atoms with Crippen molar-refractivity contribution in [3.05, 3.63) is 73.1 Å². The summed E-state index contributed by atoms with van der Waals surface area (Å²) < 4.78 is 12.3. The fraction of sp³-hybridized carbons (Fsp3) is 0.130. The fourth-order valence-electron chi connectivity index (χ4n) is 3.13. The van der Waals surface area contributed by atoms with E-state index in [1.165, 1.54) is 0 Å². The largest absolute Gasteiger partial charge is 0.481 e. The molecule has 32 heavy (non-hydrogen) atoms. The van der Waals surface area contributed by atoms with Gasteiger partial charge in [0.25, 0.3) is 5.91 Å². The van der Waals surface area contributed by atoms with Crippen molar-refractivity contribution >= 4 is 73.4 Å². The minimum Gasteiger partial charge on any atom is -0.481 e. The van der Waals surface area contributed by atoms with Crippen LogP contribution in [0.3, 0.4) is 0 Å². The number of ether oxygens (including phenoxy) is 1. The zero-order chi connectivity index (χ0) is 23.0. The molecule has 0 aliphatic rings. The fourth-order valence-corrected chi connectivity index (χ4v) is 4.40. The van der Waals surface area contributed by atoms with Crippen LogP contribution < -0.4 is 10.1 Å². The lowest BCUT2D eigenvalue weighted by molar-refractivity contribution is -0.118. The number of rotatable bonds is 5. The van der Waals surface area contributed by atoms with Gasteiger partial charge in [-0.2, -0.15) is 0 Å². The zero-order valence-corrected chi connectivity index (χ0v) is 20.8. The predicted molar refractivity (Wildman–Crippen MR) is 132 cm³/mol. The Morgan fingerprint density at radius 1 is 1.06 bits per heavy atom. The van der Waals surface area contributed by atoms with Gasteiger partial charge in [0.05, 0.1) is 15.6 Å². The van der Waals surface area contributed by atoms with Crippen molar-refractivity contribution in [2.75, 3.05) is 11.9 Å². The lowest BCUT2D eigenvalue weighted by Gasteiger charge is -2.15. The molecule has 164 valence electrons. The normalized spacial score (nSPS) is 11.1. The van der Waals surface area contributed by atoms with E-state index in [0.29, 0.717) is 38.8 Å². The van der Waals surface area contributed by atoms with E-state index in [0.717, 1.165) is 10.0 Å². The number of hydrogen-bond acceptors (Lipinski definition) is 4. The van der Waals surface area contributed by atoms with Gasteiger partial charge in [0, 0.05) is 15.2 Å². The minimum absolute atomic E-state index is 0.230. The summed E-state index contributed by atoms with van der Waals surface area (Å²) in [4.78, 5) is 17.0. The third kappa shape index (κ3) is 4.46. The average Bonchev–Trinajstić information content (AvgIpc) is 3.19. The molecule has 1 aromatic heterocycles. The van der Waals surface area contributed by atoms with Crippen LogP contribution in [0, 0.1) is 13.8 Å². The highest BCUT2D eigenvalue weighted by Gasteiger charge is 2.19. The number of hydrogen-bond donors (Lipinski definition) is 1. The Kier molecular flexibility index (Phi) is 6.67. The molecule has 0 aliphatic heterocycles.